The van der Waals surface area contributed by atoms with Crippen molar-refractivity contribution in [1.82, 2.24) is 0 Å². The topological polar surface area (TPSA) is 81.8 Å². The number of benzene rings is 2. The smallest absolute Gasteiger partial charge is 0.339 e. The number of nitrogens with two attached hydrogens (primary N) is 1. The van der Waals surface area contributed by atoms with Gasteiger partial charge in [0.05, 0.1) is 12.3 Å². The molecule has 0 fully saturated rings. The Hall–Kier alpha value is -2.69. The molecule has 0 heterocycles. The van der Waals surface area contributed by atoms with Crippen LogP contribution in [-0.4, -0.2) is 17.7 Å². The second kappa shape index (κ2) is 5.97. The second-order valence-corrected chi connectivity index (χ2v) is 4.04. The Morgan fingerprint density at radius 3 is 2.60 bits per heavy atom. The summed E-state index contributed by atoms with van der Waals surface area (Å²) < 4.78 is 11.0. The summed E-state index contributed by atoms with van der Waals surface area (Å²) in [4.78, 5) is 11.2. The van der Waals surface area contributed by atoms with Gasteiger partial charge in [-0.25, -0.2) is 4.79 Å². The Bertz CT molecular complexity index is 625. The molecule has 0 aliphatic rings. The lowest BCUT2D eigenvalue weighted by Crippen LogP contribution is -2.03. The Kier molecular flexibility index (Phi) is 4.10. The zero-order valence-electron chi connectivity index (χ0n) is 11.0. The number of hydrogen-bond donors (Lipinski definition) is 2. The van der Waals surface area contributed by atoms with Gasteiger partial charge < -0.3 is 20.3 Å². The van der Waals surface area contributed by atoms with E-state index in [1.165, 1.54) is 6.07 Å². The molecule has 0 radical (unpaired) electrons. The fourth-order valence-electron chi connectivity index (χ4n) is 1.75. The molecule has 3 N–H and O–H groups in total. The fourth-order valence-corrected chi connectivity index (χ4v) is 1.75. The first-order chi connectivity index (χ1) is 9.61. The molecule has 0 amide bonds. The molecule has 0 aliphatic heterocycles. The highest BCUT2D eigenvalue weighted by Gasteiger charge is 2.15. The number of ether oxygens (including phenoxy) is 2. The maximum absolute atomic E-state index is 11.2. The Morgan fingerprint density at radius 2 is 1.90 bits per heavy atom. The van der Waals surface area contributed by atoms with Crippen LogP contribution in [0.25, 0.3) is 0 Å². The molecule has 20 heavy (non-hydrogen) atoms. The molecule has 2 aromatic rings. The third kappa shape index (κ3) is 3.00. The number of nitrogen functional groups attached to an aromatic ring is 1. The maximum Gasteiger partial charge on any atom is 0.339 e. The number of para-hydroxylation sites is 1. The number of rotatable bonds is 5. The van der Waals surface area contributed by atoms with Crippen LogP contribution >= 0.6 is 0 Å². The van der Waals surface area contributed by atoms with Gasteiger partial charge in [0.2, 0.25) is 0 Å². The molecule has 0 saturated carbocycles. The van der Waals surface area contributed by atoms with Gasteiger partial charge in [-0.15, -0.1) is 0 Å². The Balaban J connectivity index is 2.34. The normalized spacial score (nSPS) is 10.1. The number of anilines is 1. The van der Waals surface area contributed by atoms with E-state index >= 15 is 0 Å². The standard InChI is InChI=1S/C15H15NO4/c1-2-19-10-5-3-6-11(9-10)20-14-12(15(17)18)7-4-8-13(14)16/h3-9H,2,16H2,1H3,(H,17,18). The highest BCUT2D eigenvalue weighted by atomic mass is 16.5. The summed E-state index contributed by atoms with van der Waals surface area (Å²) in [7, 11) is 0. The largest absolute Gasteiger partial charge is 0.494 e. The molecule has 2 aromatic carbocycles. The molecule has 0 bridgehead atoms. The average Bonchev–Trinajstić information content (AvgIpc) is 2.41. The molecule has 0 unspecified atom stereocenters. The van der Waals surface area contributed by atoms with Crippen molar-refractivity contribution in [2.24, 2.45) is 0 Å². The number of hydrogen-bond acceptors (Lipinski definition) is 4. The van der Waals surface area contributed by atoms with E-state index in [1.807, 2.05) is 6.92 Å². The molecule has 0 aliphatic carbocycles. The van der Waals surface area contributed by atoms with Gasteiger partial charge in [-0.3, -0.25) is 0 Å². The van der Waals surface area contributed by atoms with Gasteiger partial charge in [0, 0.05) is 6.07 Å². The van der Waals surface area contributed by atoms with Crippen molar-refractivity contribution in [3.05, 3.63) is 48.0 Å². The molecule has 104 valence electrons. The molecule has 5 heteroatoms. The third-order valence-corrected chi connectivity index (χ3v) is 2.61. The van der Waals surface area contributed by atoms with Crippen LogP contribution in [-0.2, 0) is 0 Å². The maximum atomic E-state index is 11.2. The Morgan fingerprint density at radius 1 is 1.20 bits per heavy atom. The highest BCUT2D eigenvalue weighted by Crippen LogP contribution is 2.32. The minimum Gasteiger partial charge on any atom is -0.494 e. The van der Waals surface area contributed by atoms with Gasteiger partial charge in [-0.2, -0.15) is 0 Å². The highest BCUT2D eigenvalue weighted by molar-refractivity contribution is 5.93. The van der Waals surface area contributed by atoms with Crippen molar-refractivity contribution in [2.75, 3.05) is 12.3 Å². The molecule has 0 atom stereocenters. The van der Waals surface area contributed by atoms with Gasteiger partial charge in [0.15, 0.2) is 5.75 Å². The van der Waals surface area contributed by atoms with Gasteiger partial charge in [-0.1, -0.05) is 12.1 Å². The lowest BCUT2D eigenvalue weighted by molar-refractivity contribution is 0.0694. The van der Waals surface area contributed by atoms with E-state index in [-0.39, 0.29) is 17.0 Å². The zero-order valence-corrected chi connectivity index (χ0v) is 11.0. The van der Waals surface area contributed by atoms with E-state index in [4.69, 9.17) is 20.3 Å². The number of aromatic carboxylic acids is 1. The summed E-state index contributed by atoms with van der Waals surface area (Å²) in [6, 6.07) is 11.6. The second-order valence-electron chi connectivity index (χ2n) is 4.04. The molecule has 5 nitrogen and oxygen atoms in total. The predicted molar refractivity (Wildman–Crippen MR) is 75.5 cm³/mol. The number of carbonyl (C=O) groups is 1. The van der Waals surface area contributed by atoms with Crippen LogP contribution in [0.4, 0.5) is 5.69 Å². The van der Waals surface area contributed by atoms with Crippen molar-refractivity contribution in [3.8, 4) is 17.2 Å². The molecular weight excluding hydrogens is 258 g/mol. The summed E-state index contributed by atoms with van der Waals surface area (Å²) in [6.07, 6.45) is 0. The van der Waals surface area contributed by atoms with Crippen LogP contribution in [0.3, 0.4) is 0 Å². The van der Waals surface area contributed by atoms with Crippen molar-refractivity contribution in [3.63, 3.8) is 0 Å². The van der Waals surface area contributed by atoms with Gasteiger partial charge in [0.25, 0.3) is 0 Å². The van der Waals surface area contributed by atoms with E-state index in [9.17, 15) is 4.79 Å². The van der Waals surface area contributed by atoms with E-state index in [1.54, 1.807) is 36.4 Å². The molecular formula is C15H15NO4. The average molecular weight is 273 g/mol. The SMILES string of the molecule is CCOc1cccc(Oc2c(N)cccc2C(=O)O)c1. The van der Waals surface area contributed by atoms with E-state index in [2.05, 4.69) is 0 Å². The van der Waals surface area contributed by atoms with Crippen LogP contribution in [0, 0.1) is 0 Å². The zero-order chi connectivity index (χ0) is 14.5. The van der Waals surface area contributed by atoms with Crippen LogP contribution in [0.5, 0.6) is 17.2 Å². The van der Waals surface area contributed by atoms with Crippen LogP contribution in [0.2, 0.25) is 0 Å². The van der Waals surface area contributed by atoms with Gasteiger partial charge >= 0.3 is 5.97 Å². The van der Waals surface area contributed by atoms with Crippen LogP contribution in [0.15, 0.2) is 42.5 Å². The summed E-state index contributed by atoms with van der Waals surface area (Å²) in [6.45, 7) is 2.42. The van der Waals surface area contributed by atoms with Gasteiger partial charge in [-0.05, 0) is 31.2 Å². The summed E-state index contributed by atoms with van der Waals surface area (Å²) in [5, 5.41) is 9.15. The third-order valence-electron chi connectivity index (χ3n) is 2.61. The van der Waals surface area contributed by atoms with Crippen LogP contribution in [0.1, 0.15) is 17.3 Å². The number of carboxylic acid groups (broad SMARTS) is 1. The minimum atomic E-state index is -1.09. The first-order valence-corrected chi connectivity index (χ1v) is 6.14. The minimum absolute atomic E-state index is 0.0202. The molecule has 0 saturated heterocycles. The van der Waals surface area contributed by atoms with Crippen LogP contribution < -0.4 is 15.2 Å². The fraction of sp³-hybridized carbons (Fsp3) is 0.133. The summed E-state index contributed by atoms with van der Waals surface area (Å²) >= 11 is 0. The molecule has 0 aromatic heterocycles. The first-order valence-electron chi connectivity index (χ1n) is 6.14. The monoisotopic (exact) mass is 273 g/mol. The van der Waals surface area contributed by atoms with Crippen molar-refractivity contribution >= 4 is 11.7 Å². The number of carboxylic acids is 1. The quantitative estimate of drug-likeness (QED) is 0.818. The van der Waals surface area contributed by atoms with Crippen molar-refractivity contribution in [1.29, 1.82) is 0 Å². The molecule has 2 rings (SSSR count). The lowest BCUT2D eigenvalue weighted by Gasteiger charge is -2.12. The first kappa shape index (κ1) is 13.7. The van der Waals surface area contributed by atoms with E-state index in [0.717, 1.165) is 0 Å². The lowest BCUT2D eigenvalue weighted by atomic mass is 10.1. The Labute approximate surface area is 116 Å². The van der Waals surface area contributed by atoms with E-state index in [0.29, 0.717) is 18.1 Å². The summed E-state index contributed by atoms with van der Waals surface area (Å²) in [5.74, 6) is 0.162. The van der Waals surface area contributed by atoms with Crippen molar-refractivity contribution in [2.45, 2.75) is 6.92 Å². The summed E-state index contributed by atoms with van der Waals surface area (Å²) in [5.41, 5.74) is 6.07. The predicted octanol–water partition coefficient (Wildman–Crippen LogP) is 3.16. The van der Waals surface area contributed by atoms with E-state index < -0.39 is 5.97 Å². The molecule has 0 spiro atoms. The van der Waals surface area contributed by atoms with Crippen molar-refractivity contribution < 1.29 is 19.4 Å². The van der Waals surface area contributed by atoms with Gasteiger partial charge in [0.1, 0.15) is 17.1 Å².